The van der Waals surface area contributed by atoms with E-state index < -0.39 is 0 Å². The van der Waals surface area contributed by atoms with Gasteiger partial charge in [-0.25, -0.2) is 0 Å². The monoisotopic (exact) mass is 222 g/mol. The first kappa shape index (κ1) is 17.6. The maximum Gasteiger partial charge on any atom is -0.0132 e. The summed E-state index contributed by atoms with van der Waals surface area (Å²) in [7, 11) is 0. The van der Waals surface area contributed by atoms with Crippen LogP contribution in [-0.4, -0.2) is 0 Å². The zero-order chi connectivity index (χ0) is 13.4. The summed E-state index contributed by atoms with van der Waals surface area (Å²) < 4.78 is 0. The smallest absolute Gasteiger partial charge is 0.0132 e. The molecule has 0 heteroatoms. The number of rotatable bonds is 2. The maximum atomic E-state index is 3.73. The van der Waals surface area contributed by atoms with Crippen molar-refractivity contribution < 1.29 is 0 Å². The summed E-state index contributed by atoms with van der Waals surface area (Å²) in [5.41, 5.74) is 1.96. The minimum absolute atomic E-state index is 0.190. The van der Waals surface area contributed by atoms with Gasteiger partial charge in [-0.05, 0) is 16.4 Å². The van der Waals surface area contributed by atoms with E-state index in [2.05, 4.69) is 61.6 Å². The molecule has 0 spiro atoms. The van der Waals surface area contributed by atoms with Gasteiger partial charge in [0, 0.05) is 0 Å². The van der Waals surface area contributed by atoms with E-state index >= 15 is 0 Å². The Hall–Kier alpha value is -0.780. The van der Waals surface area contributed by atoms with Gasteiger partial charge in [0.05, 0.1) is 0 Å². The topological polar surface area (TPSA) is 0 Å². The van der Waals surface area contributed by atoms with Crippen LogP contribution in [0.25, 0.3) is 0 Å². The molecule has 0 amide bonds. The molecule has 0 aliphatic carbocycles. The fourth-order valence-corrected chi connectivity index (χ4v) is 0.751. The Kier molecular flexibility index (Phi) is 8.24. The second kappa shape index (κ2) is 7.49. The van der Waals surface area contributed by atoms with Crippen LogP contribution < -0.4 is 0 Å². The maximum absolute atomic E-state index is 3.73. The van der Waals surface area contributed by atoms with E-state index in [-0.39, 0.29) is 5.41 Å². The van der Waals surface area contributed by atoms with Crippen LogP contribution in [0.5, 0.6) is 0 Å². The van der Waals surface area contributed by atoms with Gasteiger partial charge in [0.15, 0.2) is 0 Å². The van der Waals surface area contributed by atoms with Crippen molar-refractivity contribution in [2.75, 3.05) is 0 Å². The Morgan fingerprint density at radius 1 is 1.00 bits per heavy atom. The molecule has 0 aromatic carbocycles. The fraction of sp³-hybridized carbons (Fsp3) is 0.625. The summed E-state index contributed by atoms with van der Waals surface area (Å²) in [4.78, 5) is 0. The number of hydrogen-bond donors (Lipinski definition) is 0. The average Bonchev–Trinajstić information content (AvgIpc) is 2.12. The summed E-state index contributed by atoms with van der Waals surface area (Å²) in [5, 5.41) is 0. The lowest BCUT2D eigenvalue weighted by Gasteiger charge is -2.19. The Morgan fingerprint density at radius 3 is 1.44 bits per heavy atom. The molecule has 0 nitrogen and oxygen atoms in total. The van der Waals surface area contributed by atoms with Crippen molar-refractivity contribution in [2.24, 2.45) is 10.8 Å². The summed E-state index contributed by atoms with van der Waals surface area (Å²) in [5.74, 6) is 0. The molecule has 0 bridgehead atoms. The minimum atomic E-state index is 0.190. The Labute approximate surface area is 103 Å². The molecule has 0 atom stereocenters. The minimum Gasteiger partial charge on any atom is -0.0991 e. The van der Waals surface area contributed by atoms with Gasteiger partial charge in [-0.15, -0.1) is 0 Å². The van der Waals surface area contributed by atoms with Crippen LogP contribution in [0.2, 0.25) is 0 Å². The largest absolute Gasteiger partial charge is 0.0991 e. The molecule has 0 fully saturated rings. The lowest BCUT2D eigenvalue weighted by Crippen LogP contribution is -2.06. The molecule has 0 rings (SSSR count). The molecule has 0 aliphatic rings. The van der Waals surface area contributed by atoms with Crippen LogP contribution in [0.1, 0.15) is 54.9 Å². The molecule has 16 heavy (non-hydrogen) atoms. The van der Waals surface area contributed by atoms with Crippen LogP contribution in [0.4, 0.5) is 0 Å². The van der Waals surface area contributed by atoms with Gasteiger partial charge in [0.2, 0.25) is 0 Å². The molecule has 0 unspecified atom stereocenters. The Bertz CT molecular complexity index is 228. The van der Waals surface area contributed by atoms with Gasteiger partial charge in [-0.1, -0.05) is 86.3 Å². The lowest BCUT2D eigenvalue weighted by molar-refractivity contribution is 0.398. The van der Waals surface area contributed by atoms with Gasteiger partial charge in [0.1, 0.15) is 0 Å². The van der Waals surface area contributed by atoms with Crippen LogP contribution in [0, 0.1) is 10.8 Å². The van der Waals surface area contributed by atoms with E-state index in [4.69, 9.17) is 0 Å². The molecule has 0 radical (unpaired) electrons. The van der Waals surface area contributed by atoms with Crippen molar-refractivity contribution in [3.05, 3.63) is 37.0 Å². The van der Waals surface area contributed by atoms with Gasteiger partial charge in [0.25, 0.3) is 0 Å². The van der Waals surface area contributed by atoms with E-state index in [1.165, 1.54) is 12.0 Å². The summed E-state index contributed by atoms with van der Waals surface area (Å²) >= 11 is 0. The predicted octanol–water partition coefficient (Wildman–Crippen LogP) is 5.77. The van der Waals surface area contributed by atoms with Crippen molar-refractivity contribution >= 4 is 0 Å². The molecular formula is C16H30. The highest BCUT2D eigenvalue weighted by molar-refractivity contribution is 5.26. The molecule has 0 aromatic rings. The Balaban J connectivity index is 0. The van der Waals surface area contributed by atoms with Gasteiger partial charge in [-0.3, -0.25) is 0 Å². The summed E-state index contributed by atoms with van der Waals surface area (Å²) in [6.45, 7) is 22.8. The van der Waals surface area contributed by atoms with Crippen LogP contribution >= 0.6 is 0 Å². The van der Waals surface area contributed by atoms with Crippen LogP contribution in [0.15, 0.2) is 37.0 Å². The fourth-order valence-electron chi connectivity index (χ4n) is 0.751. The van der Waals surface area contributed by atoms with Crippen LogP contribution in [0.3, 0.4) is 0 Å². The normalized spacial score (nSPS) is 12.6. The number of hydrogen-bond acceptors (Lipinski definition) is 0. The summed E-state index contributed by atoms with van der Waals surface area (Å²) in [6, 6.07) is 0. The van der Waals surface area contributed by atoms with E-state index in [1.807, 2.05) is 12.2 Å². The molecule has 0 saturated carbocycles. The second-order valence-electron chi connectivity index (χ2n) is 6.23. The molecule has 0 aromatic heterocycles. The van der Waals surface area contributed by atoms with E-state index in [1.54, 1.807) is 6.08 Å². The van der Waals surface area contributed by atoms with Crippen molar-refractivity contribution in [1.29, 1.82) is 0 Å². The van der Waals surface area contributed by atoms with Crippen molar-refractivity contribution in [1.82, 2.24) is 0 Å². The zero-order valence-corrected chi connectivity index (χ0v) is 12.4. The Morgan fingerprint density at radius 2 is 1.38 bits per heavy atom. The quantitative estimate of drug-likeness (QED) is 0.520. The average molecular weight is 222 g/mol. The molecule has 0 heterocycles. The third-order valence-electron chi connectivity index (χ3n) is 2.44. The van der Waals surface area contributed by atoms with Gasteiger partial charge >= 0.3 is 0 Å². The standard InChI is InChI=1S/C10H16.C6H14/c1-6-8-9(7-2)10(3,4)5;1-5-6(2,3)4/h6-8H,1-2H2,3-5H3;5H2,1-4H3/b9-8+;. The highest BCUT2D eigenvalue weighted by atomic mass is 14.2. The first-order chi connectivity index (χ1) is 7.08. The molecule has 0 N–H and O–H groups in total. The summed E-state index contributed by atoms with van der Waals surface area (Å²) in [6.07, 6.45) is 6.93. The predicted molar refractivity (Wildman–Crippen MR) is 77.7 cm³/mol. The van der Waals surface area contributed by atoms with E-state index in [0.717, 1.165) is 0 Å². The van der Waals surface area contributed by atoms with Crippen LogP contribution in [-0.2, 0) is 0 Å². The zero-order valence-electron chi connectivity index (χ0n) is 12.4. The molecule has 0 aliphatic heterocycles. The first-order valence-corrected chi connectivity index (χ1v) is 6.04. The molecule has 0 saturated heterocycles. The third kappa shape index (κ3) is 11.3. The molecular weight excluding hydrogens is 192 g/mol. The highest BCUT2D eigenvalue weighted by Gasteiger charge is 2.12. The van der Waals surface area contributed by atoms with Crippen molar-refractivity contribution in [3.63, 3.8) is 0 Å². The van der Waals surface area contributed by atoms with Crippen molar-refractivity contribution in [2.45, 2.75) is 54.9 Å². The third-order valence-corrected chi connectivity index (χ3v) is 2.44. The first-order valence-electron chi connectivity index (χ1n) is 6.04. The van der Waals surface area contributed by atoms with E-state index in [9.17, 15) is 0 Å². The second-order valence-corrected chi connectivity index (χ2v) is 6.23. The molecule has 94 valence electrons. The number of allylic oxidation sites excluding steroid dienone is 4. The lowest BCUT2D eigenvalue weighted by atomic mass is 9.86. The van der Waals surface area contributed by atoms with E-state index in [0.29, 0.717) is 5.41 Å². The SMILES string of the molecule is C=C/C=C(\C=C)C(C)(C)C.CCC(C)(C)C. The highest BCUT2D eigenvalue weighted by Crippen LogP contribution is 2.25. The van der Waals surface area contributed by atoms with Gasteiger partial charge in [-0.2, -0.15) is 0 Å². The van der Waals surface area contributed by atoms with Gasteiger partial charge < -0.3 is 0 Å². The van der Waals surface area contributed by atoms with Crippen molar-refractivity contribution in [3.8, 4) is 0 Å².